The molecule has 0 N–H and O–H groups in total. The van der Waals surface area contributed by atoms with Crippen molar-refractivity contribution in [3.8, 4) is 0 Å². The lowest BCUT2D eigenvalue weighted by Gasteiger charge is -2.07. The van der Waals surface area contributed by atoms with E-state index in [1.54, 1.807) is 0 Å². The zero-order valence-electron chi connectivity index (χ0n) is 6.76. The summed E-state index contributed by atoms with van der Waals surface area (Å²) in [6, 6.07) is 0. The van der Waals surface area contributed by atoms with Crippen LogP contribution in [0.3, 0.4) is 0 Å². The van der Waals surface area contributed by atoms with Crippen LogP contribution in [-0.4, -0.2) is 12.1 Å². The van der Waals surface area contributed by atoms with Crippen molar-refractivity contribution in [3.05, 3.63) is 12.2 Å². The zero-order chi connectivity index (χ0) is 7.98. The Morgan fingerprint density at radius 2 is 2.30 bits per heavy atom. The number of hydrogen-bond donors (Lipinski definition) is 0. The Morgan fingerprint density at radius 1 is 1.70 bits per heavy atom. The summed E-state index contributed by atoms with van der Waals surface area (Å²) in [4.78, 5) is 10.4. The molecule has 2 nitrogen and oxygen atoms in total. The van der Waals surface area contributed by atoms with Crippen LogP contribution in [0.15, 0.2) is 12.2 Å². The van der Waals surface area contributed by atoms with Crippen LogP contribution in [0, 0.1) is 0 Å². The highest BCUT2D eigenvalue weighted by molar-refractivity contribution is 5.66. The molecule has 0 rings (SSSR count). The van der Waals surface area contributed by atoms with Gasteiger partial charge in [0.2, 0.25) is 0 Å². The quantitative estimate of drug-likeness (QED) is 0.444. The monoisotopic (exact) mass is 142 g/mol. The lowest BCUT2D eigenvalue weighted by atomic mass is 10.3. The summed E-state index contributed by atoms with van der Waals surface area (Å²) in [5, 5.41) is 0. The van der Waals surface area contributed by atoms with E-state index >= 15 is 0 Å². The number of allylic oxidation sites excluding steroid dienone is 1. The first-order chi connectivity index (χ1) is 4.66. The van der Waals surface area contributed by atoms with Crippen LogP contribution in [0.2, 0.25) is 0 Å². The first-order valence-electron chi connectivity index (χ1n) is 3.45. The van der Waals surface area contributed by atoms with Crippen molar-refractivity contribution in [2.24, 2.45) is 0 Å². The van der Waals surface area contributed by atoms with Crippen molar-refractivity contribution < 1.29 is 9.53 Å². The molecule has 0 bridgehead atoms. The van der Waals surface area contributed by atoms with E-state index in [1.807, 2.05) is 26.0 Å². The molecule has 0 unspecified atom stereocenters. The normalized spacial score (nSPS) is 13.5. The maximum absolute atomic E-state index is 10.4. The summed E-state index contributed by atoms with van der Waals surface area (Å²) >= 11 is 0. The third-order valence-corrected chi connectivity index (χ3v) is 1.07. The Labute approximate surface area is 61.9 Å². The average molecular weight is 142 g/mol. The molecule has 58 valence electrons. The molecule has 0 heterocycles. The van der Waals surface area contributed by atoms with E-state index in [0.29, 0.717) is 0 Å². The average Bonchev–Trinajstić information content (AvgIpc) is 1.82. The van der Waals surface area contributed by atoms with E-state index in [2.05, 4.69) is 0 Å². The van der Waals surface area contributed by atoms with Gasteiger partial charge in [0.15, 0.2) is 0 Å². The molecule has 0 aromatic carbocycles. The molecule has 0 fully saturated rings. The Bertz CT molecular complexity index is 127. The predicted molar refractivity (Wildman–Crippen MR) is 40.7 cm³/mol. The largest absolute Gasteiger partial charge is 0.463 e. The zero-order valence-corrected chi connectivity index (χ0v) is 6.76. The van der Waals surface area contributed by atoms with Crippen molar-refractivity contribution >= 4 is 5.97 Å². The predicted octanol–water partition coefficient (Wildman–Crippen LogP) is 1.90. The molecule has 0 aliphatic carbocycles. The van der Waals surface area contributed by atoms with Gasteiger partial charge >= 0.3 is 5.97 Å². The van der Waals surface area contributed by atoms with Gasteiger partial charge in [-0.05, 0) is 13.8 Å². The fraction of sp³-hybridized carbons (Fsp3) is 0.625. The van der Waals surface area contributed by atoms with Crippen LogP contribution in [0.4, 0.5) is 0 Å². The number of carbonyl (C=O) groups excluding carboxylic acids is 1. The van der Waals surface area contributed by atoms with Crippen molar-refractivity contribution in [3.63, 3.8) is 0 Å². The van der Waals surface area contributed by atoms with Gasteiger partial charge in [-0.3, -0.25) is 4.79 Å². The highest BCUT2D eigenvalue weighted by Crippen LogP contribution is 1.98. The third-order valence-electron chi connectivity index (χ3n) is 1.07. The molecule has 0 saturated carbocycles. The Hall–Kier alpha value is -0.790. The third kappa shape index (κ3) is 5.35. The van der Waals surface area contributed by atoms with E-state index in [4.69, 9.17) is 4.74 Å². The molecule has 0 aliphatic heterocycles. The Kier molecular flexibility index (Phi) is 4.63. The number of carbonyl (C=O) groups is 1. The van der Waals surface area contributed by atoms with E-state index in [1.165, 1.54) is 6.92 Å². The lowest BCUT2D eigenvalue weighted by molar-refractivity contribution is -0.145. The second-order valence-corrected chi connectivity index (χ2v) is 2.22. The van der Waals surface area contributed by atoms with Gasteiger partial charge in [-0.1, -0.05) is 12.2 Å². The maximum Gasteiger partial charge on any atom is 0.302 e. The molecule has 1 atom stereocenters. The van der Waals surface area contributed by atoms with Gasteiger partial charge in [-0.15, -0.1) is 0 Å². The smallest absolute Gasteiger partial charge is 0.302 e. The minimum atomic E-state index is -0.211. The van der Waals surface area contributed by atoms with Gasteiger partial charge in [-0.25, -0.2) is 0 Å². The molecule has 0 aromatic rings. The summed E-state index contributed by atoms with van der Waals surface area (Å²) in [6.45, 7) is 5.24. The number of esters is 1. The van der Waals surface area contributed by atoms with Gasteiger partial charge < -0.3 is 4.74 Å². The molecule has 2 heteroatoms. The summed E-state index contributed by atoms with van der Waals surface area (Å²) in [7, 11) is 0. The maximum atomic E-state index is 10.4. The van der Waals surface area contributed by atoms with E-state index in [-0.39, 0.29) is 12.1 Å². The number of hydrogen-bond acceptors (Lipinski definition) is 2. The number of rotatable bonds is 3. The second-order valence-electron chi connectivity index (χ2n) is 2.22. The molecular formula is C8H14O2. The molecule has 0 aromatic heterocycles. The van der Waals surface area contributed by atoms with Crippen LogP contribution in [0.25, 0.3) is 0 Å². The molecule has 0 amide bonds. The lowest BCUT2D eigenvalue weighted by Crippen LogP contribution is -2.10. The molecule has 0 radical (unpaired) electrons. The minimum Gasteiger partial charge on any atom is -0.463 e. The summed E-state index contributed by atoms with van der Waals surface area (Å²) in [5.41, 5.74) is 0. The van der Waals surface area contributed by atoms with Crippen molar-refractivity contribution in [1.82, 2.24) is 0 Å². The Morgan fingerprint density at radius 3 is 2.70 bits per heavy atom. The van der Waals surface area contributed by atoms with Gasteiger partial charge in [0.05, 0.1) is 0 Å². The van der Waals surface area contributed by atoms with Crippen LogP contribution in [-0.2, 0) is 9.53 Å². The second kappa shape index (κ2) is 5.03. The van der Waals surface area contributed by atoms with Crippen LogP contribution >= 0.6 is 0 Å². The number of ether oxygens (including phenoxy) is 1. The van der Waals surface area contributed by atoms with Crippen molar-refractivity contribution in [2.75, 3.05) is 0 Å². The van der Waals surface area contributed by atoms with E-state index < -0.39 is 0 Å². The molecule has 0 aliphatic rings. The van der Waals surface area contributed by atoms with E-state index in [0.717, 1.165) is 6.42 Å². The standard InChI is InChI=1S/C8H14O2/c1-4-5-6-7(2)10-8(3)9/h4-5,7H,6H2,1-3H3/b5-4-/t7-/m1/s1. The molecule has 0 saturated heterocycles. The SMILES string of the molecule is C/C=C\C[C@@H](C)OC(C)=O. The first-order valence-corrected chi connectivity index (χ1v) is 3.45. The highest BCUT2D eigenvalue weighted by Gasteiger charge is 2.00. The van der Waals surface area contributed by atoms with Crippen LogP contribution in [0.1, 0.15) is 27.2 Å². The fourth-order valence-electron chi connectivity index (χ4n) is 0.659. The van der Waals surface area contributed by atoms with Crippen molar-refractivity contribution in [2.45, 2.75) is 33.3 Å². The summed E-state index contributed by atoms with van der Waals surface area (Å²) < 4.78 is 4.86. The molecule has 10 heavy (non-hydrogen) atoms. The summed E-state index contributed by atoms with van der Waals surface area (Å²) in [6.07, 6.45) is 4.73. The van der Waals surface area contributed by atoms with Gasteiger partial charge in [-0.2, -0.15) is 0 Å². The fourth-order valence-corrected chi connectivity index (χ4v) is 0.659. The van der Waals surface area contributed by atoms with Gasteiger partial charge in [0, 0.05) is 13.3 Å². The molecular weight excluding hydrogens is 128 g/mol. The highest BCUT2D eigenvalue weighted by atomic mass is 16.5. The Balaban J connectivity index is 3.43. The van der Waals surface area contributed by atoms with Gasteiger partial charge in [0.25, 0.3) is 0 Å². The minimum absolute atomic E-state index is 0.00806. The van der Waals surface area contributed by atoms with Gasteiger partial charge in [0.1, 0.15) is 6.10 Å². The van der Waals surface area contributed by atoms with Crippen LogP contribution < -0.4 is 0 Å². The van der Waals surface area contributed by atoms with Crippen molar-refractivity contribution in [1.29, 1.82) is 0 Å². The topological polar surface area (TPSA) is 26.3 Å². The van der Waals surface area contributed by atoms with E-state index in [9.17, 15) is 4.79 Å². The van der Waals surface area contributed by atoms with Crippen LogP contribution in [0.5, 0.6) is 0 Å². The summed E-state index contributed by atoms with van der Waals surface area (Å²) in [5.74, 6) is -0.211. The molecule has 0 spiro atoms. The first kappa shape index (κ1) is 9.21.